The van der Waals surface area contributed by atoms with Crippen LogP contribution in [0.25, 0.3) is 10.2 Å². The van der Waals surface area contributed by atoms with Gasteiger partial charge < -0.3 is 4.90 Å². The van der Waals surface area contributed by atoms with Crippen LogP contribution >= 0.6 is 11.3 Å². The van der Waals surface area contributed by atoms with Crippen molar-refractivity contribution < 1.29 is 13.2 Å². The van der Waals surface area contributed by atoms with Crippen LogP contribution in [0.3, 0.4) is 0 Å². The number of piperazine rings is 1. The number of carbonyl (C=O) groups is 1. The molecular formula is C22H23N5O3S2. The van der Waals surface area contributed by atoms with Crippen molar-refractivity contribution in [2.75, 3.05) is 26.2 Å². The molecule has 3 aromatic rings. The summed E-state index contributed by atoms with van der Waals surface area (Å²) >= 11 is 1.71. The Hall–Kier alpha value is -2.82. The van der Waals surface area contributed by atoms with Crippen molar-refractivity contribution in [3.05, 3.63) is 59.1 Å². The first-order valence-corrected chi connectivity index (χ1v) is 12.8. The Balaban J connectivity index is 1.21. The molecule has 1 unspecified atom stereocenters. The number of aliphatic imine (C=N–C) groups is 1. The maximum absolute atomic E-state index is 13.0. The van der Waals surface area contributed by atoms with E-state index >= 15 is 0 Å². The maximum Gasteiger partial charge on any atom is 0.263 e. The molecule has 5 rings (SSSR count). The number of aromatic nitrogens is 1. The van der Waals surface area contributed by atoms with Gasteiger partial charge in [-0.25, -0.2) is 13.4 Å². The largest absolute Gasteiger partial charge is 0.338 e. The summed E-state index contributed by atoms with van der Waals surface area (Å²) in [5.74, 6) is 0.136. The third-order valence-electron chi connectivity index (χ3n) is 5.72. The van der Waals surface area contributed by atoms with Crippen LogP contribution in [0.2, 0.25) is 0 Å². The van der Waals surface area contributed by atoms with Crippen molar-refractivity contribution in [2.24, 2.45) is 4.99 Å². The summed E-state index contributed by atoms with van der Waals surface area (Å²) in [5.41, 5.74) is 1.53. The molecule has 0 saturated carbocycles. The highest BCUT2D eigenvalue weighted by molar-refractivity contribution is 7.90. The molecule has 0 bridgehead atoms. The fourth-order valence-electron chi connectivity index (χ4n) is 4.05. The number of nitrogens with one attached hydrogen (secondary N) is 1. The van der Waals surface area contributed by atoms with E-state index in [0.717, 1.165) is 30.2 Å². The molecular weight excluding hydrogens is 446 g/mol. The molecule has 0 radical (unpaired) electrons. The Bertz CT molecular complexity index is 1280. The highest BCUT2D eigenvalue weighted by atomic mass is 32.2. The van der Waals surface area contributed by atoms with Gasteiger partial charge in [0.15, 0.2) is 0 Å². The van der Waals surface area contributed by atoms with Crippen LogP contribution in [0.1, 0.15) is 17.5 Å². The van der Waals surface area contributed by atoms with Gasteiger partial charge in [-0.3, -0.25) is 19.4 Å². The van der Waals surface area contributed by atoms with E-state index in [1.165, 1.54) is 10.8 Å². The zero-order chi connectivity index (χ0) is 22.3. The molecule has 32 heavy (non-hydrogen) atoms. The Kier molecular flexibility index (Phi) is 5.44. The summed E-state index contributed by atoms with van der Waals surface area (Å²) < 4.78 is 28.2. The molecule has 2 aromatic carbocycles. The average Bonchev–Trinajstić information content (AvgIpc) is 3.31. The molecule has 1 atom stereocenters. The smallest absolute Gasteiger partial charge is 0.263 e. The molecule has 0 spiro atoms. The predicted molar refractivity (Wildman–Crippen MR) is 124 cm³/mol. The van der Waals surface area contributed by atoms with Crippen molar-refractivity contribution in [3.63, 3.8) is 0 Å². The monoisotopic (exact) mass is 469 g/mol. The minimum absolute atomic E-state index is 0.0966. The van der Waals surface area contributed by atoms with Crippen LogP contribution in [0, 0.1) is 0 Å². The van der Waals surface area contributed by atoms with Gasteiger partial charge in [0.2, 0.25) is 5.91 Å². The summed E-state index contributed by atoms with van der Waals surface area (Å²) in [6.45, 7) is 5.24. The second kappa shape index (κ2) is 8.27. The van der Waals surface area contributed by atoms with Gasteiger partial charge in [-0.1, -0.05) is 24.3 Å². The highest BCUT2D eigenvalue weighted by Gasteiger charge is 2.32. The van der Waals surface area contributed by atoms with Gasteiger partial charge in [-0.2, -0.15) is 0 Å². The maximum atomic E-state index is 13.0. The van der Waals surface area contributed by atoms with E-state index in [1.807, 2.05) is 18.2 Å². The lowest BCUT2D eigenvalue weighted by atomic mass is 10.2. The van der Waals surface area contributed by atoms with Gasteiger partial charge in [-0.05, 0) is 31.2 Å². The van der Waals surface area contributed by atoms with E-state index in [4.69, 9.17) is 4.98 Å². The lowest BCUT2D eigenvalue weighted by Crippen LogP contribution is -2.50. The van der Waals surface area contributed by atoms with Gasteiger partial charge in [0.1, 0.15) is 16.9 Å². The standard InChI is InChI=1S/C22H23N5O3S2/c1-15(23-21-16-6-2-5-9-19(16)32(29,30)25-21)22(28)27-12-10-26(11-13-27)14-20-24-17-7-3-4-8-18(17)31-20/h2-9,15H,10-14H2,1H3,(H,23,25). The average molecular weight is 470 g/mol. The number of para-hydroxylation sites is 1. The minimum atomic E-state index is -3.62. The van der Waals surface area contributed by atoms with Crippen molar-refractivity contribution in [1.29, 1.82) is 0 Å². The Morgan fingerprint density at radius 1 is 1.12 bits per heavy atom. The molecule has 1 saturated heterocycles. The fraction of sp³-hybridized carbons (Fsp3) is 0.318. The predicted octanol–water partition coefficient (Wildman–Crippen LogP) is 2.07. The lowest BCUT2D eigenvalue weighted by Gasteiger charge is -2.35. The van der Waals surface area contributed by atoms with Crippen molar-refractivity contribution in [2.45, 2.75) is 24.4 Å². The topological polar surface area (TPSA) is 95.0 Å². The van der Waals surface area contributed by atoms with Crippen LogP contribution in [-0.2, 0) is 21.4 Å². The van der Waals surface area contributed by atoms with Gasteiger partial charge in [-0.15, -0.1) is 11.3 Å². The van der Waals surface area contributed by atoms with Gasteiger partial charge in [0.25, 0.3) is 10.0 Å². The molecule has 8 nitrogen and oxygen atoms in total. The molecule has 1 fully saturated rings. The number of nitrogens with zero attached hydrogens (tertiary/aromatic N) is 4. The zero-order valence-electron chi connectivity index (χ0n) is 17.6. The number of thiazole rings is 1. The van der Waals surface area contributed by atoms with Crippen LogP contribution in [0.4, 0.5) is 0 Å². The first-order valence-electron chi connectivity index (χ1n) is 10.5. The van der Waals surface area contributed by atoms with Crippen LogP contribution in [0.15, 0.2) is 58.4 Å². The molecule has 1 amide bonds. The Labute approximate surface area is 190 Å². The van der Waals surface area contributed by atoms with Gasteiger partial charge >= 0.3 is 0 Å². The molecule has 0 aliphatic carbocycles. The molecule has 2 aliphatic heterocycles. The second-order valence-corrected chi connectivity index (χ2v) is 10.7. The normalized spacial score (nSPS) is 20.3. The fourth-order valence-corrected chi connectivity index (χ4v) is 6.30. The summed E-state index contributed by atoms with van der Waals surface area (Å²) in [6.07, 6.45) is 0. The zero-order valence-corrected chi connectivity index (χ0v) is 19.2. The van der Waals surface area contributed by atoms with E-state index in [-0.39, 0.29) is 16.6 Å². The van der Waals surface area contributed by atoms with E-state index in [0.29, 0.717) is 18.7 Å². The van der Waals surface area contributed by atoms with Crippen molar-refractivity contribution in [1.82, 2.24) is 19.5 Å². The van der Waals surface area contributed by atoms with Crippen molar-refractivity contribution >= 4 is 43.3 Å². The summed E-state index contributed by atoms with van der Waals surface area (Å²) in [4.78, 5) is 26.4. The van der Waals surface area contributed by atoms with E-state index in [1.54, 1.807) is 41.4 Å². The summed E-state index contributed by atoms with van der Waals surface area (Å²) in [7, 11) is -3.62. The van der Waals surface area contributed by atoms with E-state index in [9.17, 15) is 13.2 Å². The molecule has 1 aromatic heterocycles. The molecule has 10 heteroatoms. The van der Waals surface area contributed by atoms with Crippen LogP contribution in [0.5, 0.6) is 0 Å². The van der Waals surface area contributed by atoms with Crippen LogP contribution in [-0.4, -0.2) is 67.2 Å². The lowest BCUT2D eigenvalue weighted by molar-refractivity contribution is -0.133. The number of amidine groups is 1. The van der Waals surface area contributed by atoms with Gasteiger partial charge in [0, 0.05) is 31.7 Å². The third kappa shape index (κ3) is 4.01. The van der Waals surface area contributed by atoms with Crippen LogP contribution < -0.4 is 4.72 Å². The first-order chi connectivity index (χ1) is 15.4. The number of benzene rings is 2. The number of sulfonamides is 1. The Morgan fingerprint density at radius 3 is 2.62 bits per heavy atom. The van der Waals surface area contributed by atoms with E-state index in [2.05, 4.69) is 20.7 Å². The Morgan fingerprint density at radius 2 is 1.84 bits per heavy atom. The second-order valence-electron chi connectivity index (χ2n) is 7.93. The third-order valence-corrected chi connectivity index (χ3v) is 8.14. The molecule has 2 aliphatic rings. The SMILES string of the molecule is CC(N=C1NS(=O)(=O)c2ccccc21)C(=O)N1CCN(Cc2nc3ccccc3s2)CC1. The molecule has 1 N–H and O–H groups in total. The number of hydrogen-bond donors (Lipinski definition) is 1. The minimum Gasteiger partial charge on any atom is -0.338 e. The highest BCUT2D eigenvalue weighted by Crippen LogP contribution is 2.24. The van der Waals surface area contributed by atoms with Crippen molar-refractivity contribution in [3.8, 4) is 0 Å². The number of hydrogen-bond acceptors (Lipinski definition) is 7. The number of fused-ring (bicyclic) bond motifs is 2. The first kappa shape index (κ1) is 21.0. The summed E-state index contributed by atoms with van der Waals surface area (Å²) in [5, 5.41) is 1.08. The quantitative estimate of drug-likeness (QED) is 0.631. The summed E-state index contributed by atoms with van der Waals surface area (Å²) in [6, 6.07) is 14.1. The van der Waals surface area contributed by atoms with Gasteiger partial charge in [0.05, 0.1) is 21.7 Å². The van der Waals surface area contributed by atoms with E-state index < -0.39 is 16.1 Å². The molecule has 166 valence electrons. The number of rotatable bonds is 4. The number of amides is 1. The molecule has 3 heterocycles. The number of carbonyl (C=O) groups excluding carboxylic acids is 1.